The van der Waals surface area contributed by atoms with Crippen molar-refractivity contribution in [3.63, 3.8) is 0 Å². The first kappa shape index (κ1) is 9.79. The zero-order valence-electron chi connectivity index (χ0n) is 8.81. The maximum atomic E-state index is 4.23. The van der Waals surface area contributed by atoms with Gasteiger partial charge in [-0.2, -0.15) is 5.10 Å². The third-order valence-electron chi connectivity index (χ3n) is 1.99. The average molecular weight is 203 g/mol. The van der Waals surface area contributed by atoms with Crippen molar-refractivity contribution in [2.24, 2.45) is 0 Å². The van der Waals surface area contributed by atoms with Crippen LogP contribution in [0.25, 0.3) is 5.95 Å². The molecule has 1 N–H and O–H groups in total. The number of aryl methyl sites for hydroxylation is 1. The van der Waals surface area contributed by atoms with Crippen LogP contribution in [-0.2, 0) is 6.54 Å². The highest BCUT2D eigenvalue weighted by molar-refractivity contribution is 5.15. The third-order valence-corrected chi connectivity index (χ3v) is 1.99. The highest BCUT2D eigenvalue weighted by Crippen LogP contribution is 2.02. The topological polar surface area (TPSA) is 55.6 Å². The fourth-order valence-electron chi connectivity index (χ4n) is 1.28. The van der Waals surface area contributed by atoms with Crippen LogP contribution in [0.1, 0.15) is 11.1 Å². The smallest absolute Gasteiger partial charge is 0.250 e. The highest BCUT2D eigenvalue weighted by atomic mass is 15.3. The molecule has 0 fully saturated rings. The molecule has 0 aliphatic rings. The molecule has 2 aromatic rings. The van der Waals surface area contributed by atoms with Crippen molar-refractivity contribution in [2.45, 2.75) is 13.5 Å². The normalized spacial score (nSPS) is 10.5. The van der Waals surface area contributed by atoms with Gasteiger partial charge in [-0.05, 0) is 19.5 Å². The standard InChI is InChI=1S/C10H13N5/c1-8-3-14-15(7-8)10-12-5-9(4-11-2)6-13-10/h3,5-7,11H,4H2,1-2H3. The predicted molar refractivity (Wildman–Crippen MR) is 56.7 cm³/mol. The summed E-state index contributed by atoms with van der Waals surface area (Å²) in [6.07, 6.45) is 7.28. The number of hydrogen-bond acceptors (Lipinski definition) is 4. The quantitative estimate of drug-likeness (QED) is 0.797. The first-order valence-electron chi connectivity index (χ1n) is 4.77. The summed E-state index contributed by atoms with van der Waals surface area (Å²) in [5, 5.41) is 7.18. The second-order valence-electron chi connectivity index (χ2n) is 3.38. The van der Waals surface area contributed by atoms with E-state index in [4.69, 9.17) is 0 Å². The maximum absolute atomic E-state index is 4.23. The molecule has 0 atom stereocenters. The van der Waals surface area contributed by atoms with E-state index in [0.29, 0.717) is 5.95 Å². The number of rotatable bonds is 3. The molecule has 0 bridgehead atoms. The molecule has 0 saturated heterocycles. The van der Waals surface area contributed by atoms with E-state index in [1.54, 1.807) is 23.3 Å². The number of hydrogen-bond donors (Lipinski definition) is 1. The molecular weight excluding hydrogens is 190 g/mol. The van der Waals surface area contributed by atoms with Gasteiger partial charge in [-0.25, -0.2) is 14.6 Å². The van der Waals surface area contributed by atoms with E-state index < -0.39 is 0 Å². The van der Waals surface area contributed by atoms with Gasteiger partial charge in [0.2, 0.25) is 5.95 Å². The zero-order valence-corrected chi connectivity index (χ0v) is 8.81. The molecule has 0 saturated carbocycles. The molecule has 0 aliphatic heterocycles. The first-order chi connectivity index (χ1) is 7.29. The Morgan fingerprint density at radius 3 is 2.53 bits per heavy atom. The van der Waals surface area contributed by atoms with E-state index in [-0.39, 0.29) is 0 Å². The molecule has 0 aliphatic carbocycles. The van der Waals surface area contributed by atoms with Crippen LogP contribution < -0.4 is 5.32 Å². The van der Waals surface area contributed by atoms with Gasteiger partial charge < -0.3 is 5.32 Å². The minimum absolute atomic E-state index is 0.600. The van der Waals surface area contributed by atoms with Crippen LogP contribution in [0.4, 0.5) is 0 Å². The monoisotopic (exact) mass is 203 g/mol. The zero-order chi connectivity index (χ0) is 10.7. The molecule has 5 heteroatoms. The van der Waals surface area contributed by atoms with Crippen LogP contribution in [0.2, 0.25) is 0 Å². The molecule has 0 aromatic carbocycles. The summed E-state index contributed by atoms with van der Waals surface area (Å²) in [7, 11) is 1.89. The lowest BCUT2D eigenvalue weighted by Gasteiger charge is -2.01. The van der Waals surface area contributed by atoms with Crippen molar-refractivity contribution >= 4 is 0 Å². The fourth-order valence-corrected chi connectivity index (χ4v) is 1.28. The number of nitrogens with one attached hydrogen (secondary N) is 1. The molecule has 0 amide bonds. The van der Waals surface area contributed by atoms with Gasteiger partial charge >= 0.3 is 0 Å². The lowest BCUT2D eigenvalue weighted by atomic mass is 10.3. The Balaban J connectivity index is 2.23. The Morgan fingerprint density at radius 1 is 1.27 bits per heavy atom. The van der Waals surface area contributed by atoms with E-state index >= 15 is 0 Å². The number of nitrogens with zero attached hydrogens (tertiary/aromatic N) is 4. The van der Waals surface area contributed by atoms with Gasteiger partial charge in [-0.1, -0.05) is 0 Å². The molecule has 0 radical (unpaired) electrons. The van der Waals surface area contributed by atoms with Gasteiger partial charge in [0.25, 0.3) is 0 Å². The van der Waals surface area contributed by atoms with Crippen molar-refractivity contribution < 1.29 is 0 Å². The molecule has 0 spiro atoms. The minimum Gasteiger partial charge on any atom is -0.316 e. The van der Waals surface area contributed by atoms with Crippen molar-refractivity contribution in [1.82, 2.24) is 25.1 Å². The largest absolute Gasteiger partial charge is 0.316 e. The maximum Gasteiger partial charge on any atom is 0.250 e. The van der Waals surface area contributed by atoms with Gasteiger partial charge in [0, 0.05) is 30.7 Å². The van der Waals surface area contributed by atoms with Crippen LogP contribution in [0.3, 0.4) is 0 Å². The Hall–Kier alpha value is -1.75. The molecular formula is C10H13N5. The second-order valence-corrected chi connectivity index (χ2v) is 3.38. The Kier molecular flexibility index (Phi) is 2.73. The van der Waals surface area contributed by atoms with E-state index in [1.165, 1.54) is 0 Å². The second kappa shape index (κ2) is 4.18. The van der Waals surface area contributed by atoms with Crippen molar-refractivity contribution in [3.05, 3.63) is 35.9 Å². The van der Waals surface area contributed by atoms with Crippen molar-refractivity contribution in [3.8, 4) is 5.95 Å². The van der Waals surface area contributed by atoms with Crippen LogP contribution in [0.15, 0.2) is 24.8 Å². The van der Waals surface area contributed by atoms with Gasteiger partial charge in [0.1, 0.15) is 0 Å². The van der Waals surface area contributed by atoms with Gasteiger partial charge in [0.05, 0.1) is 6.20 Å². The molecule has 15 heavy (non-hydrogen) atoms. The molecule has 2 heterocycles. The highest BCUT2D eigenvalue weighted by Gasteiger charge is 2.00. The predicted octanol–water partition coefficient (Wildman–Crippen LogP) is 0.690. The number of aromatic nitrogens is 4. The molecule has 78 valence electrons. The van der Waals surface area contributed by atoms with E-state index in [9.17, 15) is 0 Å². The molecule has 2 rings (SSSR count). The lowest BCUT2D eigenvalue weighted by molar-refractivity contribution is 0.775. The van der Waals surface area contributed by atoms with Crippen LogP contribution in [-0.4, -0.2) is 26.8 Å². The molecule has 5 nitrogen and oxygen atoms in total. The summed E-state index contributed by atoms with van der Waals surface area (Å²) in [5.41, 5.74) is 2.16. The van der Waals surface area contributed by atoms with Crippen molar-refractivity contribution in [2.75, 3.05) is 7.05 Å². The Morgan fingerprint density at radius 2 is 2.00 bits per heavy atom. The molecule has 2 aromatic heterocycles. The first-order valence-corrected chi connectivity index (χ1v) is 4.77. The van der Waals surface area contributed by atoms with Gasteiger partial charge in [0.15, 0.2) is 0 Å². The fraction of sp³-hybridized carbons (Fsp3) is 0.300. The van der Waals surface area contributed by atoms with Gasteiger partial charge in [-0.3, -0.25) is 0 Å². The van der Waals surface area contributed by atoms with Crippen LogP contribution in [0.5, 0.6) is 0 Å². The Labute approximate surface area is 88.2 Å². The SMILES string of the molecule is CNCc1cnc(-n2cc(C)cn2)nc1. The lowest BCUT2D eigenvalue weighted by Crippen LogP contribution is -2.07. The van der Waals surface area contributed by atoms with Crippen molar-refractivity contribution in [1.29, 1.82) is 0 Å². The summed E-state index contributed by atoms with van der Waals surface area (Å²) in [4.78, 5) is 8.46. The minimum atomic E-state index is 0.600. The summed E-state index contributed by atoms with van der Waals surface area (Å²) in [5.74, 6) is 0.600. The van der Waals surface area contributed by atoms with E-state index in [0.717, 1.165) is 17.7 Å². The van der Waals surface area contributed by atoms with Crippen LogP contribution in [0, 0.1) is 6.92 Å². The van der Waals surface area contributed by atoms with E-state index in [2.05, 4.69) is 20.4 Å². The summed E-state index contributed by atoms with van der Waals surface area (Å²) < 4.78 is 1.67. The molecule has 0 unspecified atom stereocenters. The Bertz CT molecular complexity index is 431. The average Bonchev–Trinajstić information content (AvgIpc) is 2.67. The van der Waals surface area contributed by atoms with Crippen LogP contribution >= 0.6 is 0 Å². The van der Waals surface area contributed by atoms with E-state index in [1.807, 2.05) is 20.2 Å². The summed E-state index contributed by atoms with van der Waals surface area (Å²) >= 11 is 0. The summed E-state index contributed by atoms with van der Waals surface area (Å²) in [6.45, 7) is 2.76. The third kappa shape index (κ3) is 2.19. The summed E-state index contributed by atoms with van der Waals surface area (Å²) in [6, 6.07) is 0. The van der Waals surface area contributed by atoms with Gasteiger partial charge in [-0.15, -0.1) is 0 Å².